The third-order valence-electron chi connectivity index (χ3n) is 5.10. The number of rotatable bonds is 1. The summed E-state index contributed by atoms with van der Waals surface area (Å²) in [5.41, 5.74) is 2.30. The topological polar surface area (TPSA) is 46.9 Å². The van der Waals surface area contributed by atoms with Crippen LogP contribution in [0.3, 0.4) is 0 Å². The average Bonchev–Trinajstić information content (AvgIpc) is 2.73. The SMILES string of the molecule is Br.Br.CN1CCN(C2Cc3cc(O)c(O)cc3Sc3ccc(Cl)cc32)CC1. The summed E-state index contributed by atoms with van der Waals surface area (Å²) >= 11 is 7.94. The third kappa shape index (κ3) is 4.77. The number of likely N-dealkylation sites (N-methyl/N-ethyl adjacent to an activating group) is 1. The van der Waals surface area contributed by atoms with Gasteiger partial charge >= 0.3 is 0 Å². The summed E-state index contributed by atoms with van der Waals surface area (Å²) in [5.74, 6) is -0.125. The fourth-order valence-corrected chi connectivity index (χ4v) is 4.93. The van der Waals surface area contributed by atoms with Crippen LogP contribution in [0.4, 0.5) is 0 Å². The molecule has 1 fully saturated rings. The second kappa shape index (κ2) is 9.37. The number of phenols is 2. The highest BCUT2D eigenvalue weighted by atomic mass is 79.9. The van der Waals surface area contributed by atoms with Crippen LogP contribution in [-0.4, -0.2) is 53.2 Å². The van der Waals surface area contributed by atoms with E-state index in [1.54, 1.807) is 23.9 Å². The van der Waals surface area contributed by atoms with E-state index in [0.717, 1.165) is 53.0 Å². The van der Waals surface area contributed by atoms with Gasteiger partial charge in [0.25, 0.3) is 0 Å². The van der Waals surface area contributed by atoms with Crippen molar-refractivity contribution in [2.24, 2.45) is 0 Å². The lowest BCUT2D eigenvalue weighted by atomic mass is 9.96. The Morgan fingerprint density at radius 3 is 2.33 bits per heavy atom. The molecule has 0 bridgehead atoms. The third-order valence-corrected chi connectivity index (χ3v) is 6.53. The van der Waals surface area contributed by atoms with Crippen molar-refractivity contribution in [3.63, 3.8) is 0 Å². The van der Waals surface area contributed by atoms with Crippen LogP contribution < -0.4 is 0 Å². The van der Waals surface area contributed by atoms with Crippen LogP contribution in [0.1, 0.15) is 17.2 Å². The molecule has 0 aliphatic carbocycles. The summed E-state index contributed by atoms with van der Waals surface area (Å²) < 4.78 is 0. The predicted molar refractivity (Wildman–Crippen MR) is 122 cm³/mol. The first-order valence-electron chi connectivity index (χ1n) is 8.46. The van der Waals surface area contributed by atoms with Gasteiger partial charge in [-0.2, -0.15) is 0 Å². The molecule has 0 radical (unpaired) electrons. The van der Waals surface area contributed by atoms with Crippen LogP contribution in [0.2, 0.25) is 5.02 Å². The maximum Gasteiger partial charge on any atom is 0.158 e. The number of halogens is 3. The van der Waals surface area contributed by atoms with E-state index >= 15 is 0 Å². The lowest BCUT2D eigenvalue weighted by Crippen LogP contribution is -2.46. The van der Waals surface area contributed by atoms with E-state index in [1.807, 2.05) is 6.07 Å². The summed E-state index contributed by atoms with van der Waals surface area (Å²) in [6.07, 6.45) is 0.799. The Morgan fingerprint density at radius 2 is 1.63 bits per heavy atom. The fraction of sp³-hybridized carbons (Fsp3) is 0.368. The lowest BCUT2D eigenvalue weighted by molar-refractivity contribution is 0.110. The van der Waals surface area contributed by atoms with Crippen LogP contribution >= 0.6 is 57.3 Å². The molecule has 1 unspecified atom stereocenters. The molecule has 0 aromatic heterocycles. The van der Waals surface area contributed by atoms with E-state index in [4.69, 9.17) is 11.6 Å². The Kier molecular flexibility index (Phi) is 7.93. The molecule has 2 aliphatic heterocycles. The van der Waals surface area contributed by atoms with E-state index in [1.165, 1.54) is 5.56 Å². The van der Waals surface area contributed by atoms with Crippen LogP contribution in [0.25, 0.3) is 0 Å². The minimum absolute atomic E-state index is 0. The molecule has 8 heteroatoms. The van der Waals surface area contributed by atoms with Crippen molar-refractivity contribution in [1.29, 1.82) is 0 Å². The fourth-order valence-electron chi connectivity index (χ4n) is 3.62. The number of phenolic OH excluding ortho intramolecular Hbond substituents is 2. The largest absolute Gasteiger partial charge is 0.504 e. The molecule has 27 heavy (non-hydrogen) atoms. The Hall–Kier alpha value is -0.440. The summed E-state index contributed by atoms with van der Waals surface area (Å²) in [7, 11) is 2.15. The molecule has 0 spiro atoms. The normalized spacial score (nSPS) is 19.9. The zero-order chi connectivity index (χ0) is 17.6. The monoisotopic (exact) mass is 536 g/mol. The highest BCUT2D eigenvalue weighted by molar-refractivity contribution is 8.93. The number of hydrogen-bond acceptors (Lipinski definition) is 5. The molecule has 1 atom stereocenters. The summed E-state index contributed by atoms with van der Waals surface area (Å²) in [4.78, 5) is 7.01. The van der Waals surface area contributed by atoms with Gasteiger partial charge in [0.05, 0.1) is 0 Å². The van der Waals surface area contributed by atoms with Gasteiger partial charge < -0.3 is 15.1 Å². The highest BCUT2D eigenvalue weighted by Gasteiger charge is 2.30. The molecule has 4 nitrogen and oxygen atoms in total. The van der Waals surface area contributed by atoms with E-state index in [9.17, 15) is 10.2 Å². The summed E-state index contributed by atoms with van der Waals surface area (Å²) in [5, 5.41) is 20.6. The second-order valence-electron chi connectivity index (χ2n) is 6.79. The predicted octanol–water partition coefficient (Wildman–Crippen LogP) is 4.90. The van der Waals surface area contributed by atoms with E-state index in [2.05, 4.69) is 29.0 Å². The number of hydrogen-bond donors (Lipinski definition) is 2. The van der Waals surface area contributed by atoms with Gasteiger partial charge in [-0.3, -0.25) is 4.90 Å². The van der Waals surface area contributed by atoms with Crippen molar-refractivity contribution in [2.45, 2.75) is 22.3 Å². The van der Waals surface area contributed by atoms with E-state index < -0.39 is 0 Å². The number of piperazine rings is 1. The Bertz CT molecular complexity index is 817. The lowest BCUT2D eigenvalue weighted by Gasteiger charge is -2.38. The molecule has 2 aliphatic rings. The number of nitrogens with zero attached hydrogens (tertiary/aromatic N) is 2. The number of fused-ring (bicyclic) bond motifs is 2. The molecule has 148 valence electrons. The maximum atomic E-state index is 9.96. The smallest absolute Gasteiger partial charge is 0.158 e. The maximum absolute atomic E-state index is 9.96. The van der Waals surface area contributed by atoms with Crippen LogP contribution in [0, 0.1) is 0 Å². The molecule has 4 rings (SSSR count). The summed E-state index contributed by atoms with van der Waals surface area (Å²) in [6.45, 7) is 4.12. The quantitative estimate of drug-likeness (QED) is 0.506. The molecule has 2 N–H and O–H groups in total. The van der Waals surface area contributed by atoms with Gasteiger partial charge in [0, 0.05) is 47.0 Å². The molecule has 0 amide bonds. The summed E-state index contributed by atoms with van der Waals surface area (Å²) in [6, 6.07) is 9.64. The van der Waals surface area contributed by atoms with Gasteiger partial charge in [-0.05, 0) is 54.9 Å². The molecule has 2 aromatic rings. The Morgan fingerprint density at radius 1 is 0.963 bits per heavy atom. The van der Waals surface area contributed by atoms with Gasteiger partial charge in [0.15, 0.2) is 11.5 Å². The van der Waals surface area contributed by atoms with Gasteiger partial charge in [0.2, 0.25) is 0 Å². The first-order chi connectivity index (χ1) is 12.0. The first-order valence-corrected chi connectivity index (χ1v) is 9.65. The van der Waals surface area contributed by atoms with Gasteiger partial charge in [-0.1, -0.05) is 23.4 Å². The second-order valence-corrected chi connectivity index (χ2v) is 8.31. The Balaban J connectivity index is 0.00000131. The minimum Gasteiger partial charge on any atom is -0.504 e. The molecule has 1 saturated heterocycles. The van der Waals surface area contributed by atoms with Crippen molar-refractivity contribution < 1.29 is 10.2 Å². The highest BCUT2D eigenvalue weighted by Crippen LogP contribution is 2.46. The Labute approximate surface area is 190 Å². The molecule has 2 heterocycles. The number of aromatic hydroxyl groups is 2. The zero-order valence-electron chi connectivity index (χ0n) is 14.9. The van der Waals surface area contributed by atoms with E-state index in [0.29, 0.717) is 0 Å². The molecular weight excluding hydrogens is 516 g/mol. The molecule has 2 aromatic carbocycles. The number of benzene rings is 2. The molecule has 0 saturated carbocycles. The van der Waals surface area contributed by atoms with Gasteiger partial charge in [-0.25, -0.2) is 0 Å². The average molecular weight is 539 g/mol. The van der Waals surface area contributed by atoms with Crippen LogP contribution in [0.15, 0.2) is 40.1 Å². The minimum atomic E-state index is -0.0696. The van der Waals surface area contributed by atoms with Crippen molar-refractivity contribution >= 4 is 57.3 Å². The van der Waals surface area contributed by atoms with Gasteiger partial charge in [-0.15, -0.1) is 34.0 Å². The van der Waals surface area contributed by atoms with Gasteiger partial charge in [0.1, 0.15) is 0 Å². The van der Waals surface area contributed by atoms with Crippen LogP contribution in [-0.2, 0) is 6.42 Å². The van der Waals surface area contributed by atoms with Crippen molar-refractivity contribution in [3.8, 4) is 11.5 Å². The van der Waals surface area contributed by atoms with Crippen LogP contribution in [0.5, 0.6) is 11.5 Å². The van der Waals surface area contributed by atoms with E-state index in [-0.39, 0.29) is 51.5 Å². The van der Waals surface area contributed by atoms with Crippen molar-refractivity contribution in [3.05, 3.63) is 46.5 Å². The zero-order valence-corrected chi connectivity index (χ0v) is 19.9. The standard InChI is InChI=1S/C19H21ClN2O2S.2BrH/c1-21-4-6-22(7-5-21)15-8-12-9-16(23)17(24)11-19(12)25-18-3-2-13(20)10-14(15)18;;/h2-3,9-11,15,23-24H,4-8H2,1H3;2*1H. The van der Waals surface area contributed by atoms with Crippen molar-refractivity contribution in [1.82, 2.24) is 9.80 Å². The molecular formula is C19H23Br2ClN2O2S. The first kappa shape index (κ1) is 22.8. The van der Waals surface area contributed by atoms with Crippen molar-refractivity contribution in [2.75, 3.05) is 33.2 Å².